The molecule has 1 amide bonds. The molecule has 0 aliphatic heterocycles. The first-order valence-corrected chi connectivity index (χ1v) is 5.47. The van der Waals surface area contributed by atoms with Gasteiger partial charge in [-0.15, -0.1) is 0 Å². The second-order valence-corrected chi connectivity index (χ2v) is 3.91. The summed E-state index contributed by atoms with van der Waals surface area (Å²) >= 11 is 0. The average Bonchev–Trinajstić information content (AvgIpc) is 2.19. The molecule has 0 bridgehead atoms. The van der Waals surface area contributed by atoms with E-state index in [1.165, 1.54) is 18.3 Å². The van der Waals surface area contributed by atoms with E-state index >= 15 is 0 Å². The number of primary amides is 1. The number of hydrogen-bond acceptors (Lipinski definition) is 4. The van der Waals surface area contributed by atoms with Crippen LogP contribution in [0.5, 0.6) is 0 Å². The van der Waals surface area contributed by atoms with Crippen molar-refractivity contribution in [1.82, 2.24) is 4.98 Å². The van der Waals surface area contributed by atoms with E-state index in [0.29, 0.717) is 6.42 Å². The molecule has 0 radical (unpaired) electrons. The Balaban J connectivity index is 0.000000336. The maximum Gasteiger partial charge on any atom is 0.296 e. The van der Waals surface area contributed by atoms with Crippen molar-refractivity contribution in [3.8, 4) is 0 Å². The lowest BCUT2D eigenvalue weighted by atomic mass is 10.5. The highest BCUT2D eigenvalue weighted by Crippen LogP contribution is 2.03. The standard InChI is InChI=1S/C5H5NO3S.C3H7NO/c7-10(8,9)5-2-1-3-6-4-5;1-2-3(4)5/h1-4H,(H,7,8,9);2H2,1H3,(H2,4,5). The Kier molecular flexibility index (Phi) is 5.50. The van der Waals surface area contributed by atoms with Gasteiger partial charge in [0.1, 0.15) is 4.90 Å². The van der Waals surface area contributed by atoms with Crippen molar-refractivity contribution in [2.75, 3.05) is 0 Å². The van der Waals surface area contributed by atoms with Gasteiger partial charge in [-0.05, 0) is 12.1 Å². The first-order valence-electron chi connectivity index (χ1n) is 4.03. The van der Waals surface area contributed by atoms with Crippen LogP contribution in [-0.4, -0.2) is 23.9 Å². The third-order valence-electron chi connectivity index (χ3n) is 1.28. The average molecular weight is 232 g/mol. The summed E-state index contributed by atoms with van der Waals surface area (Å²) in [6, 6.07) is 2.70. The zero-order valence-corrected chi connectivity index (χ0v) is 8.94. The van der Waals surface area contributed by atoms with Crippen LogP contribution in [0.15, 0.2) is 29.4 Å². The first kappa shape index (κ1) is 13.5. The van der Waals surface area contributed by atoms with Crippen LogP contribution in [0, 0.1) is 0 Å². The van der Waals surface area contributed by atoms with E-state index in [0.717, 1.165) is 6.20 Å². The minimum atomic E-state index is -4.07. The van der Waals surface area contributed by atoms with E-state index in [-0.39, 0.29) is 10.8 Å². The van der Waals surface area contributed by atoms with Gasteiger partial charge in [0, 0.05) is 18.8 Å². The highest BCUT2D eigenvalue weighted by atomic mass is 32.2. The molecule has 1 aromatic heterocycles. The van der Waals surface area contributed by atoms with Crippen LogP contribution in [0.4, 0.5) is 0 Å². The Morgan fingerprint density at radius 1 is 1.60 bits per heavy atom. The van der Waals surface area contributed by atoms with Crippen LogP contribution in [0.25, 0.3) is 0 Å². The summed E-state index contributed by atoms with van der Waals surface area (Å²) in [6.45, 7) is 1.72. The normalized spacial score (nSPS) is 10.0. The summed E-state index contributed by atoms with van der Waals surface area (Å²) in [4.78, 5) is 12.9. The van der Waals surface area contributed by atoms with E-state index in [9.17, 15) is 13.2 Å². The van der Waals surface area contributed by atoms with Gasteiger partial charge < -0.3 is 5.73 Å². The molecule has 1 aromatic rings. The van der Waals surface area contributed by atoms with Crippen LogP contribution >= 0.6 is 0 Å². The molecule has 3 N–H and O–H groups in total. The predicted molar refractivity (Wildman–Crippen MR) is 53.5 cm³/mol. The molecule has 15 heavy (non-hydrogen) atoms. The predicted octanol–water partition coefficient (Wildman–Crippen LogP) is 0.210. The molecule has 0 aliphatic carbocycles. The second kappa shape index (κ2) is 6.10. The number of aromatic nitrogens is 1. The van der Waals surface area contributed by atoms with E-state index < -0.39 is 10.1 Å². The molecule has 0 saturated carbocycles. The number of carbonyl (C=O) groups excluding carboxylic acids is 1. The van der Waals surface area contributed by atoms with Crippen LogP contribution in [0.3, 0.4) is 0 Å². The number of rotatable bonds is 2. The van der Waals surface area contributed by atoms with E-state index in [4.69, 9.17) is 4.55 Å². The smallest absolute Gasteiger partial charge is 0.296 e. The number of amides is 1. The summed E-state index contributed by atoms with van der Waals surface area (Å²) in [5.74, 6) is -0.245. The van der Waals surface area contributed by atoms with Crippen molar-refractivity contribution in [2.24, 2.45) is 5.73 Å². The monoisotopic (exact) mass is 232 g/mol. The van der Waals surface area contributed by atoms with Gasteiger partial charge in [0.05, 0.1) is 0 Å². The van der Waals surface area contributed by atoms with Gasteiger partial charge in [-0.25, -0.2) is 0 Å². The lowest BCUT2D eigenvalue weighted by molar-refractivity contribution is -0.117. The van der Waals surface area contributed by atoms with Crippen LogP contribution in [-0.2, 0) is 14.9 Å². The summed E-state index contributed by atoms with van der Waals surface area (Å²) < 4.78 is 29.1. The third kappa shape index (κ3) is 6.58. The molecule has 6 nitrogen and oxygen atoms in total. The maximum atomic E-state index is 10.3. The van der Waals surface area contributed by atoms with Gasteiger partial charge in [-0.2, -0.15) is 8.42 Å². The van der Waals surface area contributed by atoms with Crippen LogP contribution < -0.4 is 5.73 Å². The quantitative estimate of drug-likeness (QED) is 0.708. The Morgan fingerprint density at radius 2 is 2.13 bits per heavy atom. The minimum absolute atomic E-state index is 0.185. The molecule has 0 atom stereocenters. The highest BCUT2D eigenvalue weighted by molar-refractivity contribution is 7.85. The van der Waals surface area contributed by atoms with Crippen LogP contribution in [0.2, 0.25) is 0 Å². The Hall–Kier alpha value is -1.47. The lowest BCUT2D eigenvalue weighted by Crippen LogP contribution is -2.06. The molecule has 0 spiro atoms. The highest BCUT2D eigenvalue weighted by Gasteiger charge is 2.06. The molecule has 1 rings (SSSR count). The summed E-state index contributed by atoms with van der Waals surface area (Å²) in [6.07, 6.45) is 2.95. The number of carbonyl (C=O) groups is 1. The lowest BCUT2D eigenvalue weighted by Gasteiger charge is -1.91. The first-order chi connectivity index (χ1) is 6.88. The summed E-state index contributed by atoms with van der Waals surface area (Å²) in [7, 11) is -4.07. The summed E-state index contributed by atoms with van der Waals surface area (Å²) in [5, 5.41) is 0. The van der Waals surface area contributed by atoms with Gasteiger partial charge in [0.15, 0.2) is 0 Å². The maximum absolute atomic E-state index is 10.3. The Bertz CT molecular complexity index is 402. The molecular weight excluding hydrogens is 220 g/mol. The zero-order chi connectivity index (χ0) is 11.9. The number of pyridine rings is 1. The molecule has 0 aliphatic rings. The molecule has 0 aromatic carbocycles. The van der Waals surface area contributed by atoms with Crippen molar-refractivity contribution < 1.29 is 17.8 Å². The van der Waals surface area contributed by atoms with E-state index in [1.807, 2.05) is 0 Å². The zero-order valence-electron chi connectivity index (χ0n) is 8.12. The van der Waals surface area contributed by atoms with Gasteiger partial charge in [0.2, 0.25) is 5.91 Å². The molecular formula is C8H12N2O4S. The molecule has 84 valence electrons. The number of nitrogens with two attached hydrogens (primary N) is 1. The fraction of sp³-hybridized carbons (Fsp3) is 0.250. The molecule has 0 unspecified atom stereocenters. The van der Waals surface area contributed by atoms with Crippen molar-refractivity contribution in [1.29, 1.82) is 0 Å². The van der Waals surface area contributed by atoms with Crippen molar-refractivity contribution in [3.05, 3.63) is 24.5 Å². The Morgan fingerprint density at radius 3 is 2.33 bits per heavy atom. The topological polar surface area (TPSA) is 110 Å². The Labute approximate surface area is 87.9 Å². The molecule has 0 fully saturated rings. The third-order valence-corrected chi connectivity index (χ3v) is 2.12. The van der Waals surface area contributed by atoms with E-state index in [1.54, 1.807) is 6.92 Å². The number of nitrogens with zero attached hydrogens (tertiary/aromatic N) is 1. The van der Waals surface area contributed by atoms with Gasteiger partial charge >= 0.3 is 0 Å². The fourth-order valence-electron chi connectivity index (χ4n) is 0.500. The van der Waals surface area contributed by atoms with Gasteiger partial charge in [-0.3, -0.25) is 14.3 Å². The van der Waals surface area contributed by atoms with Gasteiger partial charge in [0.25, 0.3) is 10.1 Å². The van der Waals surface area contributed by atoms with Crippen molar-refractivity contribution >= 4 is 16.0 Å². The van der Waals surface area contributed by atoms with Crippen molar-refractivity contribution in [3.63, 3.8) is 0 Å². The number of hydrogen-bond donors (Lipinski definition) is 2. The van der Waals surface area contributed by atoms with Gasteiger partial charge in [-0.1, -0.05) is 6.92 Å². The summed E-state index contributed by atoms with van der Waals surface area (Å²) in [5.41, 5.74) is 4.65. The minimum Gasteiger partial charge on any atom is -0.370 e. The van der Waals surface area contributed by atoms with E-state index in [2.05, 4.69) is 10.7 Å². The molecule has 7 heteroatoms. The fourth-order valence-corrected chi connectivity index (χ4v) is 0.944. The molecule has 0 saturated heterocycles. The van der Waals surface area contributed by atoms with Crippen molar-refractivity contribution in [2.45, 2.75) is 18.2 Å². The largest absolute Gasteiger partial charge is 0.370 e. The van der Waals surface area contributed by atoms with Crippen LogP contribution in [0.1, 0.15) is 13.3 Å². The molecule has 1 heterocycles. The SMILES string of the molecule is CCC(N)=O.O=S(=O)(O)c1cccnc1. The second-order valence-electron chi connectivity index (χ2n) is 2.48.